The summed E-state index contributed by atoms with van der Waals surface area (Å²) in [4.78, 5) is 12.9. The summed E-state index contributed by atoms with van der Waals surface area (Å²) in [6, 6.07) is 30.3. The number of carbonyl (C=O) groups is 1. The molecule has 0 aliphatic carbocycles. The molecule has 0 aliphatic rings. The number of hydrogen-bond donors (Lipinski definition) is 3. The van der Waals surface area contributed by atoms with Gasteiger partial charge in [0.1, 0.15) is 0 Å². The number of nitrogen functional groups attached to an aromatic ring is 1. The van der Waals surface area contributed by atoms with Crippen LogP contribution in [0.4, 0.5) is 11.4 Å². The molecule has 0 heterocycles. The van der Waals surface area contributed by atoms with E-state index in [0.29, 0.717) is 27.8 Å². The Morgan fingerprint density at radius 3 is 2.17 bits per heavy atom. The molecule has 2 unspecified atom stereocenters. The van der Waals surface area contributed by atoms with E-state index in [1.807, 2.05) is 48.5 Å². The van der Waals surface area contributed by atoms with Gasteiger partial charge in [0.05, 0.1) is 18.0 Å². The molecule has 4 rings (SSSR count). The van der Waals surface area contributed by atoms with Crippen molar-refractivity contribution in [1.29, 1.82) is 0 Å². The Morgan fingerprint density at radius 2 is 1.54 bits per heavy atom. The highest BCUT2D eigenvalue weighted by Crippen LogP contribution is 2.57. The van der Waals surface area contributed by atoms with Gasteiger partial charge in [0.25, 0.3) is 13.3 Å². The first-order chi connectivity index (χ1) is 16.9. The van der Waals surface area contributed by atoms with Gasteiger partial charge in [-0.3, -0.25) is 9.36 Å². The van der Waals surface area contributed by atoms with Crippen LogP contribution < -0.4 is 16.4 Å². The predicted octanol–water partition coefficient (Wildman–Crippen LogP) is 5.82. The van der Waals surface area contributed by atoms with Gasteiger partial charge in [-0.25, -0.2) is 0 Å². The molecule has 0 radical (unpaired) electrons. The predicted molar refractivity (Wildman–Crippen MR) is 141 cm³/mol. The van der Waals surface area contributed by atoms with Crippen molar-refractivity contribution in [2.75, 3.05) is 17.7 Å². The minimum Gasteiger partial charge on any atom is -0.397 e. The first-order valence-electron chi connectivity index (χ1n) is 11.3. The molecule has 4 N–H and O–H groups in total. The molecular weight excluding hydrogens is 459 g/mol. The molecule has 0 bridgehead atoms. The molecule has 35 heavy (non-hydrogen) atoms. The molecule has 4 aromatic rings. The Kier molecular flexibility index (Phi) is 7.47. The van der Waals surface area contributed by atoms with E-state index in [-0.39, 0.29) is 12.5 Å². The Morgan fingerprint density at radius 1 is 0.914 bits per heavy atom. The van der Waals surface area contributed by atoms with Crippen molar-refractivity contribution in [3.63, 3.8) is 0 Å². The topological polar surface area (TPSA) is 102 Å². The van der Waals surface area contributed by atoms with E-state index in [4.69, 9.17) is 10.3 Å². The smallest absolute Gasteiger partial charge is 0.264 e. The fourth-order valence-corrected chi connectivity index (χ4v) is 5.89. The van der Waals surface area contributed by atoms with Crippen molar-refractivity contribution in [2.24, 2.45) is 0 Å². The van der Waals surface area contributed by atoms with Gasteiger partial charge in [-0.15, -0.1) is 0 Å². The standard InChI is InChI=1S/C28H27N2O4P/c1-2-34-35(33,24-11-7-4-8-12-24)28(32)22-15-13-21(14-16-22)27(31)30-26-19-23(17-18-25(26)29)20-9-5-3-6-10-20/h3-19,28,32H,2,29H2,1H3,(H,30,31). The molecule has 0 aromatic heterocycles. The minimum atomic E-state index is -3.58. The summed E-state index contributed by atoms with van der Waals surface area (Å²) in [5.41, 5.74) is 9.76. The Hall–Kier alpha value is -3.70. The average Bonchev–Trinajstić information content (AvgIpc) is 2.90. The normalized spacial score (nSPS) is 13.5. The number of aliphatic hydroxyl groups is 1. The lowest BCUT2D eigenvalue weighted by molar-refractivity contribution is 0.102. The van der Waals surface area contributed by atoms with Crippen molar-refractivity contribution in [2.45, 2.75) is 12.8 Å². The monoisotopic (exact) mass is 486 g/mol. The maximum atomic E-state index is 13.6. The molecule has 7 heteroatoms. The fraction of sp³-hybridized carbons (Fsp3) is 0.107. The summed E-state index contributed by atoms with van der Waals surface area (Å²) < 4.78 is 19.2. The summed E-state index contributed by atoms with van der Waals surface area (Å²) in [7, 11) is -3.58. The molecule has 0 fully saturated rings. The van der Waals surface area contributed by atoms with E-state index in [1.165, 1.54) is 0 Å². The van der Waals surface area contributed by atoms with Crippen LogP contribution in [0.25, 0.3) is 11.1 Å². The van der Waals surface area contributed by atoms with E-state index in [2.05, 4.69) is 5.32 Å². The molecule has 0 spiro atoms. The Balaban J connectivity index is 1.54. The van der Waals surface area contributed by atoms with Crippen LogP contribution >= 0.6 is 7.37 Å². The maximum absolute atomic E-state index is 13.6. The summed E-state index contributed by atoms with van der Waals surface area (Å²) in [5.74, 6) is -1.71. The van der Waals surface area contributed by atoms with Crippen molar-refractivity contribution in [3.8, 4) is 11.1 Å². The minimum absolute atomic E-state index is 0.188. The van der Waals surface area contributed by atoms with Crippen LogP contribution in [0.15, 0.2) is 103 Å². The lowest BCUT2D eigenvalue weighted by Crippen LogP contribution is -2.15. The molecule has 4 aromatic carbocycles. The second-order valence-corrected chi connectivity index (χ2v) is 10.4. The summed E-state index contributed by atoms with van der Waals surface area (Å²) in [5, 5.41) is 14.2. The molecule has 1 amide bonds. The number of nitrogens with one attached hydrogen (secondary N) is 1. The molecule has 178 valence electrons. The van der Waals surface area contributed by atoms with E-state index in [1.54, 1.807) is 61.5 Å². The van der Waals surface area contributed by atoms with Gasteiger partial charge in [0.15, 0.2) is 5.85 Å². The van der Waals surface area contributed by atoms with Gasteiger partial charge < -0.3 is 20.7 Å². The lowest BCUT2D eigenvalue weighted by Gasteiger charge is -2.24. The maximum Gasteiger partial charge on any atom is 0.264 e. The second kappa shape index (κ2) is 10.7. The summed E-state index contributed by atoms with van der Waals surface area (Å²) >= 11 is 0. The molecular formula is C28H27N2O4P. The van der Waals surface area contributed by atoms with Gasteiger partial charge in [0, 0.05) is 10.9 Å². The highest BCUT2D eigenvalue weighted by molar-refractivity contribution is 7.67. The number of amides is 1. The third-order valence-electron chi connectivity index (χ3n) is 5.64. The second-order valence-electron chi connectivity index (χ2n) is 7.97. The van der Waals surface area contributed by atoms with Gasteiger partial charge in [-0.1, -0.05) is 66.7 Å². The summed E-state index contributed by atoms with van der Waals surface area (Å²) in [6.45, 7) is 1.92. The highest BCUT2D eigenvalue weighted by Gasteiger charge is 2.35. The van der Waals surface area contributed by atoms with Gasteiger partial charge in [-0.05, 0) is 60.0 Å². The molecule has 0 saturated heterocycles. The molecule has 0 aliphatic heterocycles. The Labute approximate surface area is 204 Å². The van der Waals surface area contributed by atoms with Gasteiger partial charge >= 0.3 is 0 Å². The van der Waals surface area contributed by atoms with E-state index >= 15 is 0 Å². The van der Waals surface area contributed by atoms with Gasteiger partial charge in [-0.2, -0.15) is 0 Å². The largest absolute Gasteiger partial charge is 0.397 e. The van der Waals surface area contributed by atoms with Gasteiger partial charge in [0.2, 0.25) is 0 Å². The number of rotatable bonds is 8. The third-order valence-corrected chi connectivity index (χ3v) is 8.24. The highest BCUT2D eigenvalue weighted by atomic mass is 31.2. The zero-order chi connectivity index (χ0) is 24.8. The number of anilines is 2. The van der Waals surface area contributed by atoms with Crippen LogP contribution in [-0.4, -0.2) is 17.6 Å². The quantitative estimate of drug-likeness (QED) is 0.215. The molecule has 2 atom stereocenters. The van der Waals surface area contributed by atoms with Crippen LogP contribution in [0.5, 0.6) is 0 Å². The van der Waals surface area contributed by atoms with Crippen molar-refractivity contribution in [3.05, 3.63) is 114 Å². The van der Waals surface area contributed by atoms with E-state index < -0.39 is 13.2 Å². The first-order valence-corrected chi connectivity index (χ1v) is 13.0. The molecule has 6 nitrogen and oxygen atoms in total. The number of benzene rings is 4. The first kappa shape index (κ1) is 24.4. The fourth-order valence-electron chi connectivity index (χ4n) is 3.79. The van der Waals surface area contributed by atoms with Crippen molar-refractivity contribution < 1.29 is 19.0 Å². The summed E-state index contributed by atoms with van der Waals surface area (Å²) in [6.07, 6.45) is 0. The van der Waals surface area contributed by atoms with E-state index in [9.17, 15) is 14.5 Å². The van der Waals surface area contributed by atoms with Crippen molar-refractivity contribution >= 4 is 30.0 Å². The van der Waals surface area contributed by atoms with Crippen molar-refractivity contribution in [1.82, 2.24) is 0 Å². The number of carbonyl (C=O) groups excluding carboxylic acids is 1. The number of hydrogen-bond acceptors (Lipinski definition) is 5. The Bertz CT molecular complexity index is 1340. The lowest BCUT2D eigenvalue weighted by atomic mass is 10.0. The van der Waals surface area contributed by atoms with E-state index in [0.717, 1.165) is 11.1 Å². The van der Waals surface area contributed by atoms with Crippen LogP contribution in [0.2, 0.25) is 0 Å². The van der Waals surface area contributed by atoms with Crippen LogP contribution in [0.1, 0.15) is 28.7 Å². The average molecular weight is 487 g/mol. The zero-order valence-electron chi connectivity index (χ0n) is 19.3. The molecule has 0 saturated carbocycles. The zero-order valence-corrected chi connectivity index (χ0v) is 20.2. The third kappa shape index (κ3) is 5.36. The SMILES string of the molecule is CCOP(=O)(c1ccccc1)C(O)c1ccc(C(=O)Nc2cc(-c3ccccc3)ccc2N)cc1. The number of aliphatic hydroxyl groups excluding tert-OH is 1. The van der Waals surface area contributed by atoms with Crippen LogP contribution in [0.3, 0.4) is 0 Å². The van der Waals surface area contributed by atoms with Crippen LogP contribution in [-0.2, 0) is 9.09 Å². The van der Waals surface area contributed by atoms with Crippen LogP contribution in [0, 0.1) is 0 Å². The number of nitrogens with two attached hydrogens (primary N) is 1.